The normalized spacial score (nSPS) is 20.2. The van der Waals surface area contributed by atoms with Gasteiger partial charge in [-0.1, -0.05) is 18.2 Å². The van der Waals surface area contributed by atoms with E-state index in [9.17, 15) is 9.90 Å². The Morgan fingerprint density at radius 3 is 2.62 bits per heavy atom. The average Bonchev–Trinajstić information content (AvgIpc) is 3.19. The topological polar surface area (TPSA) is 80.0 Å². The standard InChI is InChI=1S/C20H20N4O2/c25-15-12-14(13-15)19(17-7-3-4-9-21-17)23-20(26)16-6-1-2-8-18(16)24-11-5-10-22-24/h1-11,14-15,19,25H,12-13H2,(H,23,26)/t14?,15?,19-/m0/s1. The molecule has 1 aliphatic carbocycles. The molecule has 4 rings (SSSR count). The molecule has 2 N–H and O–H groups in total. The van der Waals surface area contributed by atoms with Gasteiger partial charge in [0.15, 0.2) is 0 Å². The van der Waals surface area contributed by atoms with E-state index < -0.39 is 0 Å². The van der Waals surface area contributed by atoms with Crippen LogP contribution in [0.1, 0.15) is 34.9 Å². The number of nitrogens with zero attached hydrogens (tertiary/aromatic N) is 3. The molecule has 2 aromatic heterocycles. The van der Waals surface area contributed by atoms with Crippen LogP contribution in [-0.2, 0) is 0 Å². The first-order valence-corrected chi connectivity index (χ1v) is 8.71. The van der Waals surface area contributed by atoms with Crippen LogP contribution in [0.5, 0.6) is 0 Å². The number of hydrogen-bond acceptors (Lipinski definition) is 4. The zero-order chi connectivity index (χ0) is 17.9. The maximum absolute atomic E-state index is 13.0. The third-order valence-electron chi connectivity index (χ3n) is 4.81. The first kappa shape index (κ1) is 16.5. The molecule has 1 amide bonds. The fourth-order valence-corrected chi connectivity index (χ4v) is 3.39. The molecule has 0 unspecified atom stereocenters. The Balaban J connectivity index is 1.62. The number of aromatic nitrogens is 3. The number of rotatable bonds is 5. The lowest BCUT2D eigenvalue weighted by Gasteiger charge is -2.37. The highest BCUT2D eigenvalue weighted by Gasteiger charge is 2.36. The molecule has 2 heterocycles. The SMILES string of the molecule is O=C(N[C@H](c1ccccn1)C1CC(O)C1)c1ccccc1-n1cccn1. The van der Waals surface area contributed by atoms with Crippen LogP contribution in [0.25, 0.3) is 5.69 Å². The molecule has 3 aromatic rings. The minimum Gasteiger partial charge on any atom is -0.393 e. The summed E-state index contributed by atoms with van der Waals surface area (Å²) in [5.74, 6) is 0.00820. The van der Waals surface area contributed by atoms with Crippen molar-refractivity contribution < 1.29 is 9.90 Å². The van der Waals surface area contributed by atoms with E-state index in [1.54, 1.807) is 23.1 Å². The number of nitrogens with one attached hydrogen (secondary N) is 1. The fraction of sp³-hybridized carbons (Fsp3) is 0.250. The van der Waals surface area contributed by atoms with Crippen molar-refractivity contribution in [3.8, 4) is 5.69 Å². The second-order valence-electron chi connectivity index (χ2n) is 6.56. The van der Waals surface area contributed by atoms with Gasteiger partial charge in [0, 0.05) is 18.6 Å². The van der Waals surface area contributed by atoms with Gasteiger partial charge in [0.25, 0.3) is 5.91 Å². The number of carbonyl (C=O) groups is 1. The summed E-state index contributed by atoms with van der Waals surface area (Å²) in [5.41, 5.74) is 2.09. The number of pyridine rings is 1. The third-order valence-corrected chi connectivity index (χ3v) is 4.81. The molecule has 0 bridgehead atoms. The van der Waals surface area contributed by atoms with Gasteiger partial charge in [-0.25, -0.2) is 4.68 Å². The fourth-order valence-electron chi connectivity index (χ4n) is 3.39. The summed E-state index contributed by atoms with van der Waals surface area (Å²) in [6.07, 6.45) is 6.26. The summed E-state index contributed by atoms with van der Waals surface area (Å²) in [6.45, 7) is 0. The van der Waals surface area contributed by atoms with Crippen molar-refractivity contribution in [1.29, 1.82) is 0 Å². The predicted molar refractivity (Wildman–Crippen MR) is 96.7 cm³/mol. The Bertz CT molecular complexity index is 874. The molecule has 1 fully saturated rings. The molecule has 1 atom stereocenters. The lowest BCUT2D eigenvalue weighted by atomic mass is 9.76. The Morgan fingerprint density at radius 2 is 1.92 bits per heavy atom. The van der Waals surface area contributed by atoms with Gasteiger partial charge in [-0.3, -0.25) is 9.78 Å². The second-order valence-corrected chi connectivity index (χ2v) is 6.56. The van der Waals surface area contributed by atoms with Crippen molar-refractivity contribution in [2.45, 2.75) is 25.0 Å². The molecule has 6 heteroatoms. The smallest absolute Gasteiger partial charge is 0.254 e. The molecular formula is C20H20N4O2. The first-order valence-electron chi connectivity index (χ1n) is 8.71. The number of para-hydroxylation sites is 1. The Labute approximate surface area is 151 Å². The van der Waals surface area contributed by atoms with Gasteiger partial charge in [-0.05, 0) is 49.1 Å². The monoisotopic (exact) mass is 348 g/mol. The van der Waals surface area contributed by atoms with Gasteiger partial charge in [0.1, 0.15) is 0 Å². The Morgan fingerprint density at radius 1 is 1.12 bits per heavy atom. The summed E-state index contributed by atoms with van der Waals surface area (Å²) < 4.78 is 1.68. The van der Waals surface area contributed by atoms with Crippen molar-refractivity contribution >= 4 is 5.91 Å². The molecule has 0 aliphatic heterocycles. The highest BCUT2D eigenvalue weighted by molar-refractivity contribution is 5.98. The van der Waals surface area contributed by atoms with Crippen molar-refractivity contribution in [3.05, 3.63) is 78.4 Å². The summed E-state index contributed by atoms with van der Waals surface area (Å²) in [5, 5.41) is 17.0. The molecule has 0 spiro atoms. The van der Waals surface area contributed by atoms with E-state index in [1.807, 2.05) is 48.7 Å². The number of carbonyl (C=O) groups excluding carboxylic acids is 1. The molecule has 132 valence electrons. The van der Waals surface area contributed by atoms with Gasteiger partial charge < -0.3 is 10.4 Å². The number of amides is 1. The highest BCUT2D eigenvalue weighted by Crippen LogP contribution is 2.37. The summed E-state index contributed by atoms with van der Waals surface area (Å²) in [4.78, 5) is 17.4. The van der Waals surface area contributed by atoms with Crippen LogP contribution < -0.4 is 5.32 Å². The highest BCUT2D eigenvalue weighted by atomic mass is 16.3. The molecule has 26 heavy (non-hydrogen) atoms. The van der Waals surface area contributed by atoms with Gasteiger partial charge in [-0.2, -0.15) is 5.10 Å². The van der Waals surface area contributed by atoms with Gasteiger partial charge in [0.2, 0.25) is 0 Å². The van der Waals surface area contributed by atoms with Crippen molar-refractivity contribution in [1.82, 2.24) is 20.1 Å². The summed E-state index contributed by atoms with van der Waals surface area (Å²) in [7, 11) is 0. The van der Waals surface area contributed by atoms with Crippen LogP contribution in [0, 0.1) is 5.92 Å². The van der Waals surface area contributed by atoms with Crippen molar-refractivity contribution in [2.75, 3.05) is 0 Å². The van der Waals surface area contributed by atoms with Crippen LogP contribution in [0.4, 0.5) is 0 Å². The van der Waals surface area contributed by atoms with Crippen molar-refractivity contribution in [2.24, 2.45) is 5.92 Å². The average molecular weight is 348 g/mol. The molecule has 1 aliphatic rings. The second kappa shape index (κ2) is 7.09. The first-order chi connectivity index (χ1) is 12.7. The van der Waals surface area contributed by atoms with E-state index in [2.05, 4.69) is 15.4 Å². The predicted octanol–water partition coefficient (Wildman–Crippen LogP) is 2.51. The van der Waals surface area contributed by atoms with E-state index in [-0.39, 0.29) is 24.0 Å². The quantitative estimate of drug-likeness (QED) is 0.742. The minimum atomic E-state index is -0.292. The molecule has 1 saturated carbocycles. The lowest BCUT2D eigenvalue weighted by molar-refractivity contribution is 0.0228. The van der Waals surface area contributed by atoms with E-state index in [0.29, 0.717) is 18.4 Å². The zero-order valence-corrected chi connectivity index (χ0v) is 14.2. The largest absolute Gasteiger partial charge is 0.393 e. The van der Waals surface area contributed by atoms with E-state index in [4.69, 9.17) is 0 Å². The minimum absolute atomic E-state index is 0.173. The van der Waals surface area contributed by atoms with Crippen LogP contribution >= 0.6 is 0 Å². The zero-order valence-electron chi connectivity index (χ0n) is 14.2. The van der Waals surface area contributed by atoms with E-state index in [0.717, 1.165) is 11.4 Å². The maximum Gasteiger partial charge on any atom is 0.254 e. The van der Waals surface area contributed by atoms with Crippen LogP contribution in [-0.4, -0.2) is 31.9 Å². The summed E-state index contributed by atoms with van der Waals surface area (Å²) >= 11 is 0. The van der Waals surface area contributed by atoms with Crippen molar-refractivity contribution in [3.63, 3.8) is 0 Å². The van der Waals surface area contributed by atoms with E-state index in [1.165, 1.54) is 0 Å². The van der Waals surface area contributed by atoms with Crippen LogP contribution in [0.15, 0.2) is 67.1 Å². The van der Waals surface area contributed by atoms with Crippen LogP contribution in [0.2, 0.25) is 0 Å². The maximum atomic E-state index is 13.0. The number of hydrogen-bond donors (Lipinski definition) is 2. The Hall–Kier alpha value is -2.99. The number of aliphatic hydroxyl groups excluding tert-OH is 1. The van der Waals surface area contributed by atoms with Gasteiger partial charge >= 0.3 is 0 Å². The number of aliphatic hydroxyl groups is 1. The molecule has 0 saturated heterocycles. The molecule has 0 radical (unpaired) electrons. The molecular weight excluding hydrogens is 328 g/mol. The van der Waals surface area contributed by atoms with Gasteiger partial charge in [0.05, 0.1) is 29.1 Å². The number of benzene rings is 1. The molecule has 1 aromatic carbocycles. The third kappa shape index (κ3) is 3.23. The summed E-state index contributed by atoms with van der Waals surface area (Å²) in [6, 6.07) is 14.6. The Kier molecular flexibility index (Phi) is 4.50. The lowest BCUT2D eigenvalue weighted by Crippen LogP contribution is -2.42. The van der Waals surface area contributed by atoms with Gasteiger partial charge in [-0.15, -0.1) is 0 Å². The molecule has 6 nitrogen and oxygen atoms in total. The van der Waals surface area contributed by atoms with E-state index >= 15 is 0 Å². The van der Waals surface area contributed by atoms with Crippen LogP contribution in [0.3, 0.4) is 0 Å².